The second-order valence-electron chi connectivity index (χ2n) is 7.52. The highest BCUT2D eigenvalue weighted by molar-refractivity contribution is 7.90. The molecule has 9 heteroatoms. The van der Waals surface area contributed by atoms with E-state index >= 15 is 0 Å². The number of pyridine rings is 1. The second kappa shape index (κ2) is 8.08. The number of aromatic nitrogens is 1. The summed E-state index contributed by atoms with van der Waals surface area (Å²) in [6.45, 7) is 1.86. The van der Waals surface area contributed by atoms with Crippen LogP contribution in [-0.2, 0) is 10.0 Å². The van der Waals surface area contributed by atoms with E-state index in [0.29, 0.717) is 43.4 Å². The lowest BCUT2D eigenvalue weighted by Crippen LogP contribution is -2.55. The summed E-state index contributed by atoms with van der Waals surface area (Å²) < 4.78 is 30.1. The van der Waals surface area contributed by atoms with E-state index in [4.69, 9.17) is 0 Å². The van der Waals surface area contributed by atoms with Gasteiger partial charge in [-0.2, -0.15) is 8.42 Å². The fraction of sp³-hybridized carbons (Fsp3) is 0.174. The first-order valence-corrected chi connectivity index (χ1v) is 11.7. The molecule has 0 atom stereocenters. The third kappa shape index (κ3) is 3.60. The van der Waals surface area contributed by atoms with Crippen molar-refractivity contribution in [2.45, 2.75) is 4.90 Å². The average Bonchev–Trinajstić information content (AvgIpc) is 2.84. The molecule has 1 aromatic heterocycles. The van der Waals surface area contributed by atoms with E-state index in [1.165, 1.54) is 0 Å². The lowest BCUT2D eigenvalue weighted by molar-refractivity contribution is 0.0691. The van der Waals surface area contributed by atoms with Gasteiger partial charge in [-0.3, -0.25) is 14.7 Å². The normalized spacial score (nSPS) is 17.5. The molecule has 8 nitrogen and oxygen atoms in total. The van der Waals surface area contributed by atoms with E-state index in [0.717, 1.165) is 5.69 Å². The van der Waals surface area contributed by atoms with Crippen molar-refractivity contribution in [3.8, 4) is 0 Å². The van der Waals surface area contributed by atoms with Crippen molar-refractivity contribution in [3.05, 3.63) is 84.7 Å². The first kappa shape index (κ1) is 20.2. The van der Waals surface area contributed by atoms with Gasteiger partial charge in [0.25, 0.3) is 15.9 Å². The zero-order valence-electron chi connectivity index (χ0n) is 17.2. The molecule has 0 radical (unpaired) electrons. The molecular formula is C23H21N5O3S. The lowest BCUT2D eigenvalue weighted by Gasteiger charge is -2.41. The molecule has 0 unspecified atom stereocenters. The van der Waals surface area contributed by atoms with E-state index in [2.05, 4.69) is 9.38 Å². The quantitative estimate of drug-likeness (QED) is 0.601. The van der Waals surface area contributed by atoms with Crippen molar-refractivity contribution in [3.63, 3.8) is 0 Å². The number of amides is 1. The van der Waals surface area contributed by atoms with Crippen molar-refractivity contribution >= 4 is 33.3 Å². The number of para-hydroxylation sites is 2. The van der Waals surface area contributed by atoms with Crippen molar-refractivity contribution in [1.29, 1.82) is 0 Å². The van der Waals surface area contributed by atoms with Crippen LogP contribution in [0.5, 0.6) is 0 Å². The van der Waals surface area contributed by atoms with Gasteiger partial charge in [0.15, 0.2) is 0 Å². The Morgan fingerprint density at radius 1 is 0.812 bits per heavy atom. The summed E-state index contributed by atoms with van der Waals surface area (Å²) in [6, 6.07) is 19.8. The average molecular weight is 448 g/mol. The zero-order valence-corrected chi connectivity index (χ0v) is 18.0. The first-order valence-electron chi connectivity index (χ1n) is 10.3. The summed E-state index contributed by atoms with van der Waals surface area (Å²) in [5.41, 5.74) is 1.98. The fourth-order valence-electron chi connectivity index (χ4n) is 3.98. The third-order valence-electron chi connectivity index (χ3n) is 5.58. The van der Waals surface area contributed by atoms with Crippen molar-refractivity contribution in [2.24, 2.45) is 4.40 Å². The maximum atomic E-state index is 12.9. The molecule has 32 heavy (non-hydrogen) atoms. The van der Waals surface area contributed by atoms with Gasteiger partial charge >= 0.3 is 0 Å². The molecule has 0 bridgehead atoms. The Hall–Kier alpha value is -3.72. The Labute approximate surface area is 186 Å². The molecule has 1 saturated heterocycles. The van der Waals surface area contributed by atoms with Crippen LogP contribution in [0.1, 0.15) is 10.4 Å². The zero-order chi connectivity index (χ0) is 22.1. The highest BCUT2D eigenvalue weighted by Gasteiger charge is 2.36. The molecule has 0 saturated carbocycles. The van der Waals surface area contributed by atoms with Crippen LogP contribution in [0.3, 0.4) is 0 Å². The van der Waals surface area contributed by atoms with Gasteiger partial charge in [-0.25, -0.2) is 0 Å². The summed E-state index contributed by atoms with van der Waals surface area (Å²) in [5, 5.41) is 0. The van der Waals surface area contributed by atoms with Gasteiger partial charge in [0, 0.05) is 49.8 Å². The molecule has 5 rings (SSSR count). The van der Waals surface area contributed by atoms with Gasteiger partial charge < -0.3 is 9.80 Å². The summed E-state index contributed by atoms with van der Waals surface area (Å²) >= 11 is 0. The molecule has 0 spiro atoms. The van der Waals surface area contributed by atoms with Gasteiger partial charge in [0.2, 0.25) is 5.96 Å². The Kier molecular flexibility index (Phi) is 5.10. The van der Waals surface area contributed by atoms with Crippen molar-refractivity contribution < 1.29 is 13.2 Å². The second-order valence-corrected chi connectivity index (χ2v) is 9.09. The number of carbonyl (C=O) groups is 1. The molecule has 2 aliphatic rings. The first-order chi connectivity index (χ1) is 15.5. The van der Waals surface area contributed by atoms with Crippen LogP contribution in [0.15, 0.2) is 88.4 Å². The Morgan fingerprint density at radius 3 is 2.19 bits per heavy atom. The number of nitrogens with zero attached hydrogens (tertiary/aromatic N) is 5. The summed E-state index contributed by atoms with van der Waals surface area (Å²) in [5.74, 6) is 0.293. The van der Waals surface area contributed by atoms with Crippen molar-refractivity contribution in [1.82, 2.24) is 14.8 Å². The maximum absolute atomic E-state index is 12.9. The van der Waals surface area contributed by atoms with Gasteiger partial charge in [-0.15, -0.1) is 4.40 Å². The van der Waals surface area contributed by atoms with E-state index in [-0.39, 0.29) is 10.8 Å². The van der Waals surface area contributed by atoms with E-state index in [1.807, 2.05) is 46.2 Å². The number of anilines is 2. The topological polar surface area (TPSA) is 86.2 Å². The number of carbonyl (C=O) groups excluding carboxylic acids is 1. The standard InChI is InChI=1S/C23H21N5O3S/c29-22(18-10-12-24-13-11-18)26-14-16-27(17-15-26)23-25-32(30,31)21-9-5-4-8-20(21)28(23)19-6-2-1-3-7-19/h1-13H,14-17H2. The van der Waals surface area contributed by atoms with Crippen LogP contribution in [0.25, 0.3) is 0 Å². The van der Waals surface area contributed by atoms with Crippen LogP contribution in [0.4, 0.5) is 11.4 Å². The van der Waals surface area contributed by atoms with Crippen LogP contribution < -0.4 is 4.90 Å². The Morgan fingerprint density at radius 2 is 1.47 bits per heavy atom. The predicted molar refractivity (Wildman–Crippen MR) is 121 cm³/mol. The molecule has 3 heterocycles. The highest BCUT2D eigenvalue weighted by Crippen LogP contribution is 2.37. The number of guanidine groups is 1. The van der Waals surface area contributed by atoms with E-state index < -0.39 is 10.0 Å². The van der Waals surface area contributed by atoms with Gasteiger partial charge in [-0.1, -0.05) is 30.3 Å². The Balaban J connectivity index is 1.46. The molecule has 1 fully saturated rings. The fourth-order valence-corrected chi connectivity index (χ4v) is 5.17. The summed E-state index contributed by atoms with van der Waals surface area (Å²) in [4.78, 5) is 22.5. The maximum Gasteiger partial charge on any atom is 0.287 e. The minimum atomic E-state index is -3.84. The number of sulfonamides is 1. The SMILES string of the molecule is O=C(c1ccncc1)N1CCN(C2=NS(=O)(=O)c3ccccc3N2c2ccccc2)CC1. The smallest absolute Gasteiger partial charge is 0.287 e. The number of fused-ring (bicyclic) bond motifs is 1. The van der Waals surface area contributed by atoms with Crippen LogP contribution in [0, 0.1) is 0 Å². The third-order valence-corrected chi connectivity index (χ3v) is 6.88. The van der Waals surface area contributed by atoms with Crippen LogP contribution >= 0.6 is 0 Å². The molecule has 2 aliphatic heterocycles. The van der Waals surface area contributed by atoms with Gasteiger partial charge in [0.05, 0.1) is 5.69 Å². The minimum absolute atomic E-state index is 0.0597. The lowest BCUT2D eigenvalue weighted by atomic mass is 10.2. The molecule has 0 N–H and O–H groups in total. The number of hydrogen-bond acceptors (Lipinski definition) is 6. The Bertz CT molecular complexity index is 1270. The number of rotatable bonds is 2. The van der Waals surface area contributed by atoms with Crippen molar-refractivity contribution in [2.75, 3.05) is 31.1 Å². The molecule has 0 aliphatic carbocycles. The van der Waals surface area contributed by atoms with E-state index in [9.17, 15) is 13.2 Å². The van der Waals surface area contributed by atoms with Gasteiger partial charge in [0.1, 0.15) is 4.90 Å². The molecule has 162 valence electrons. The number of piperazine rings is 1. The highest BCUT2D eigenvalue weighted by atomic mass is 32.2. The largest absolute Gasteiger partial charge is 0.338 e. The minimum Gasteiger partial charge on any atom is -0.338 e. The van der Waals surface area contributed by atoms with E-state index in [1.54, 1.807) is 47.6 Å². The van der Waals surface area contributed by atoms with Gasteiger partial charge in [-0.05, 0) is 36.4 Å². The monoisotopic (exact) mass is 447 g/mol. The summed E-state index contributed by atoms with van der Waals surface area (Å²) in [7, 11) is -3.84. The van der Waals surface area contributed by atoms with Crippen LogP contribution in [0.2, 0.25) is 0 Å². The van der Waals surface area contributed by atoms with Crippen LogP contribution in [-0.4, -0.2) is 61.2 Å². The molecule has 2 aromatic carbocycles. The summed E-state index contributed by atoms with van der Waals surface area (Å²) in [6.07, 6.45) is 3.20. The molecule has 1 amide bonds. The predicted octanol–water partition coefficient (Wildman–Crippen LogP) is 2.74. The number of hydrogen-bond donors (Lipinski definition) is 0. The molecular weight excluding hydrogens is 426 g/mol. The molecule has 3 aromatic rings. The number of benzene rings is 2.